The molecule has 0 radical (unpaired) electrons. The Morgan fingerprint density at radius 1 is 0.636 bits per heavy atom. The number of carboxylic acids is 3. The van der Waals surface area contributed by atoms with Crippen molar-refractivity contribution in [2.45, 2.75) is 62.7 Å². The van der Waals surface area contributed by atoms with Gasteiger partial charge in [0.15, 0.2) is 5.96 Å². The molecule has 4 atom stereocenters. The molecule has 2 aliphatic heterocycles. The highest BCUT2D eigenvalue weighted by atomic mass is 16.4. The molecule has 3 heterocycles. The molecule has 1 aromatic heterocycles. The third-order valence-corrected chi connectivity index (χ3v) is 14.7. The van der Waals surface area contributed by atoms with Gasteiger partial charge in [0.05, 0.1) is 38.3 Å². The number of hydrazine groups is 1. The number of aromatic hydroxyl groups is 1. The maximum Gasteiger partial charge on any atom is 0.317 e. The lowest BCUT2D eigenvalue weighted by Crippen LogP contribution is -2.58. The molecule has 0 aliphatic carbocycles. The number of pyridine rings is 1. The summed E-state index contributed by atoms with van der Waals surface area (Å²) < 4.78 is 0. The molecule has 0 saturated carbocycles. The number of phenols is 1. The number of hydrogen-bond acceptors (Lipinski definition) is 18. The van der Waals surface area contributed by atoms with Crippen molar-refractivity contribution in [3.05, 3.63) is 102 Å². The summed E-state index contributed by atoms with van der Waals surface area (Å²) in [6.07, 6.45) is 1.37. The standard InChI is InChI=1S/C58H78N16O14/c1-70-46(9-5-18-61-53(84)41-14-17-47(63-31-41)68-69-49(77)33-71-20-22-72(34-50(78)79)24-26-74(36-52(82)83)27-25-73(23-21-71)35-51(80)81)56(87)66-43(8-4-19-62-58(59)60)55(86)67-44(30-38-10-13-39-6-2-3-7-40(39)28-38)54(85)64-32-48(76)65-45(57(70)88)29-37-11-15-42(75)16-12-37/h2-3,6-7,10-17,28,31,43-46,75H,4-5,8-9,18-27,29-30,32-36H2,1H3,(H,61,84)(H,63,68)(H,64,85)(H,65,76)(H,66,87)(H,67,86)(H,69,77)(H,78,79)(H,80,81)(H,82,83)(H4,59,60,62)/t43-,44-,45+,46+/m0/s1. The fraction of sp³-hybridized carbons (Fsp3) is 0.448. The summed E-state index contributed by atoms with van der Waals surface area (Å²) in [6, 6.07) is 16.9. The van der Waals surface area contributed by atoms with Crippen LogP contribution in [0.5, 0.6) is 5.75 Å². The van der Waals surface area contributed by atoms with Crippen LogP contribution in [0.25, 0.3) is 10.8 Å². The molecule has 88 heavy (non-hydrogen) atoms. The number of fused-ring (bicyclic) bond motifs is 1. The maximum absolute atomic E-state index is 14.7. The summed E-state index contributed by atoms with van der Waals surface area (Å²) in [5.74, 6) is -8.07. The van der Waals surface area contributed by atoms with E-state index in [4.69, 9.17) is 11.5 Å². The first-order valence-corrected chi connectivity index (χ1v) is 28.7. The van der Waals surface area contributed by atoms with Gasteiger partial charge in [-0.15, -0.1) is 0 Å². The van der Waals surface area contributed by atoms with Crippen LogP contribution in [0.15, 0.2) is 90.1 Å². The van der Waals surface area contributed by atoms with E-state index in [-0.39, 0.29) is 153 Å². The molecule has 4 aromatic rings. The lowest BCUT2D eigenvalue weighted by atomic mass is 10.00. The molecule has 2 fully saturated rings. The van der Waals surface area contributed by atoms with Gasteiger partial charge in [0.1, 0.15) is 35.7 Å². The van der Waals surface area contributed by atoms with Crippen LogP contribution in [-0.4, -0.2) is 245 Å². The van der Waals surface area contributed by atoms with Crippen LogP contribution in [0.1, 0.15) is 47.2 Å². The van der Waals surface area contributed by atoms with E-state index in [9.17, 15) is 68.4 Å². The molecule has 474 valence electrons. The quantitative estimate of drug-likeness (QED) is 0.0156. The second-order valence-electron chi connectivity index (χ2n) is 21.4. The Balaban J connectivity index is 1.13. The first-order valence-electron chi connectivity index (χ1n) is 28.7. The predicted octanol–water partition coefficient (Wildman–Crippen LogP) is -2.68. The van der Waals surface area contributed by atoms with Crippen molar-refractivity contribution in [3.8, 4) is 5.75 Å². The first-order chi connectivity index (χ1) is 42.1. The zero-order valence-corrected chi connectivity index (χ0v) is 48.9. The molecule has 2 aliphatic rings. The number of nitrogens with two attached hydrogens (primary N) is 2. The van der Waals surface area contributed by atoms with Crippen molar-refractivity contribution in [2.75, 3.05) is 111 Å². The van der Waals surface area contributed by atoms with Gasteiger partial charge in [0.25, 0.3) is 11.8 Å². The molecule has 30 heteroatoms. The number of benzene rings is 3. The number of carboxylic acid groups (broad SMARTS) is 3. The SMILES string of the molecule is CN1C(=O)[C@@H](Cc2ccc(O)cc2)NC(=O)CNC(=O)[C@H](Cc2ccc3ccccc3c2)NC(=O)[C@H](CCCN=C(N)N)NC(=O)[C@H]1CCCNC(=O)c1ccc(NNC(=O)CN2CCN(CC(=O)O)CCN(CC(=O)O)CCN(CC(=O)O)CC2)nc1. The zero-order valence-electron chi connectivity index (χ0n) is 48.9. The van der Waals surface area contributed by atoms with Crippen molar-refractivity contribution >= 4 is 81.8 Å². The average molecular weight is 1220 g/mol. The van der Waals surface area contributed by atoms with Crippen LogP contribution in [0.4, 0.5) is 5.82 Å². The number of carbonyl (C=O) groups is 10. The Morgan fingerprint density at radius 3 is 1.78 bits per heavy atom. The van der Waals surface area contributed by atoms with Crippen LogP contribution < -0.4 is 48.9 Å². The Bertz CT molecular complexity index is 3080. The molecule has 6 rings (SSSR count). The minimum Gasteiger partial charge on any atom is -0.508 e. The van der Waals surface area contributed by atoms with Gasteiger partial charge in [-0.05, 0) is 71.8 Å². The molecule has 7 amide bonds. The number of nitrogens with one attached hydrogen (secondary N) is 7. The topological polar surface area (TPSA) is 429 Å². The molecule has 15 N–H and O–H groups in total. The highest BCUT2D eigenvalue weighted by Gasteiger charge is 2.36. The second-order valence-corrected chi connectivity index (χ2v) is 21.4. The number of hydrogen-bond donors (Lipinski definition) is 13. The Kier molecular flexibility index (Phi) is 26.1. The van der Waals surface area contributed by atoms with E-state index >= 15 is 0 Å². The van der Waals surface area contributed by atoms with Crippen LogP contribution in [0.2, 0.25) is 0 Å². The van der Waals surface area contributed by atoms with Crippen molar-refractivity contribution in [2.24, 2.45) is 16.5 Å². The number of guanidine groups is 1. The number of carbonyl (C=O) groups excluding carboxylic acids is 7. The molecule has 2 saturated heterocycles. The van der Waals surface area contributed by atoms with Crippen LogP contribution in [-0.2, 0) is 56.0 Å². The third-order valence-electron chi connectivity index (χ3n) is 14.7. The highest BCUT2D eigenvalue weighted by molar-refractivity contribution is 5.98. The summed E-state index contributed by atoms with van der Waals surface area (Å²) in [5.41, 5.74) is 17.7. The zero-order chi connectivity index (χ0) is 63.7. The number of nitrogens with zero attached hydrogens (tertiary/aromatic N) is 7. The monoisotopic (exact) mass is 1220 g/mol. The average Bonchev–Trinajstić information content (AvgIpc) is 3.71. The number of likely N-dealkylation sites (N-methyl/N-ethyl adjacent to an activating group) is 1. The normalized spacial score (nSPS) is 19.4. The van der Waals surface area contributed by atoms with Gasteiger partial charge in [0, 0.05) is 91.5 Å². The summed E-state index contributed by atoms with van der Waals surface area (Å²) in [6.45, 7) is 0.0148. The van der Waals surface area contributed by atoms with Gasteiger partial charge < -0.3 is 63.4 Å². The van der Waals surface area contributed by atoms with E-state index in [2.05, 4.69) is 47.4 Å². The largest absolute Gasteiger partial charge is 0.508 e. The van der Waals surface area contributed by atoms with Gasteiger partial charge in [-0.2, -0.15) is 0 Å². The molecule has 0 unspecified atom stereocenters. The molecular formula is C58H78N16O14. The van der Waals surface area contributed by atoms with Gasteiger partial charge in [-0.1, -0.05) is 54.6 Å². The van der Waals surface area contributed by atoms with Crippen LogP contribution in [0, 0.1) is 0 Å². The fourth-order valence-corrected chi connectivity index (χ4v) is 9.99. The Hall–Kier alpha value is -9.52. The predicted molar refractivity (Wildman–Crippen MR) is 321 cm³/mol. The Morgan fingerprint density at radius 2 is 1.20 bits per heavy atom. The minimum absolute atomic E-state index is 0.00506. The van der Waals surface area contributed by atoms with Crippen molar-refractivity contribution in [1.29, 1.82) is 0 Å². The van der Waals surface area contributed by atoms with Gasteiger partial charge in [-0.3, -0.25) is 83.4 Å². The molecular weight excluding hydrogens is 1140 g/mol. The lowest BCUT2D eigenvalue weighted by Gasteiger charge is -2.32. The van der Waals surface area contributed by atoms with Crippen molar-refractivity contribution in [1.82, 2.24) is 61.5 Å². The van der Waals surface area contributed by atoms with Gasteiger partial charge in [-0.25, -0.2) is 4.98 Å². The molecule has 30 nitrogen and oxygen atoms in total. The first kappa shape index (κ1) is 67.6. The number of phenolic OH excluding ortho intramolecular Hbond substituents is 1. The van der Waals surface area contributed by atoms with E-state index < -0.39 is 90.0 Å². The molecule has 3 aromatic carbocycles. The summed E-state index contributed by atoms with van der Waals surface area (Å²) >= 11 is 0. The number of aromatic nitrogens is 1. The fourth-order valence-electron chi connectivity index (χ4n) is 9.99. The minimum atomic E-state index is -1.30. The van der Waals surface area contributed by atoms with Crippen molar-refractivity contribution in [3.63, 3.8) is 0 Å². The lowest BCUT2D eigenvalue weighted by molar-refractivity contribution is -0.142. The van der Waals surface area contributed by atoms with Crippen molar-refractivity contribution < 1.29 is 68.4 Å². The number of rotatable bonds is 23. The Labute approximate surface area is 507 Å². The van der Waals surface area contributed by atoms with Gasteiger partial charge in [0.2, 0.25) is 29.5 Å². The molecule has 0 spiro atoms. The highest BCUT2D eigenvalue weighted by Crippen LogP contribution is 2.19. The van der Waals surface area contributed by atoms with E-state index in [1.165, 1.54) is 37.5 Å². The number of aliphatic carboxylic acids is 3. The van der Waals surface area contributed by atoms with E-state index in [0.29, 0.717) is 11.1 Å². The summed E-state index contributed by atoms with van der Waals surface area (Å²) in [5, 5.41) is 54.0. The smallest absolute Gasteiger partial charge is 0.317 e. The van der Waals surface area contributed by atoms with E-state index in [0.717, 1.165) is 15.7 Å². The summed E-state index contributed by atoms with van der Waals surface area (Å²) in [4.78, 5) is 149. The number of amides is 7. The third kappa shape index (κ3) is 22.7. The second kappa shape index (κ2) is 34.0. The van der Waals surface area contributed by atoms with Crippen LogP contribution >= 0.6 is 0 Å². The maximum atomic E-state index is 14.7. The summed E-state index contributed by atoms with van der Waals surface area (Å²) in [7, 11) is 1.37. The van der Waals surface area contributed by atoms with E-state index in [1.807, 2.05) is 42.5 Å². The molecule has 0 bridgehead atoms. The van der Waals surface area contributed by atoms with E-state index in [1.54, 1.807) is 31.7 Å². The van der Waals surface area contributed by atoms with Crippen LogP contribution in [0.3, 0.4) is 0 Å². The van der Waals surface area contributed by atoms with Gasteiger partial charge >= 0.3 is 17.9 Å². The number of aliphatic imine (C=N–C) groups is 1. The number of anilines is 1.